The molecule has 0 aliphatic rings. The van der Waals surface area contributed by atoms with Gasteiger partial charge >= 0.3 is 5.97 Å². The average molecular weight is 396 g/mol. The molecule has 0 aliphatic carbocycles. The number of rotatable bonds is 6. The Morgan fingerprint density at radius 1 is 1.24 bits per heavy atom. The van der Waals surface area contributed by atoms with Crippen molar-refractivity contribution in [1.82, 2.24) is 9.78 Å². The van der Waals surface area contributed by atoms with E-state index in [0.717, 1.165) is 11.6 Å². The number of carboxylic acids is 1. The standard InChI is InChI=1S/C19H16N4O6/c1-11-5-3-4-6-16(11)29-14-8-12(7-13(9-14)23(27)28)20-18(24)17-15(19(25)26)10-22(2)21-17/h3-10H,1-2H3,(H,20,24)(H,25,26). The van der Waals surface area contributed by atoms with Crippen molar-refractivity contribution in [2.75, 3.05) is 5.32 Å². The van der Waals surface area contributed by atoms with Gasteiger partial charge in [-0.15, -0.1) is 0 Å². The number of aromatic nitrogens is 2. The molecule has 3 aromatic rings. The zero-order valence-electron chi connectivity index (χ0n) is 15.4. The number of aromatic carboxylic acids is 1. The predicted octanol–water partition coefficient (Wildman–Crippen LogP) is 3.38. The monoisotopic (exact) mass is 396 g/mol. The molecule has 0 unspecified atom stereocenters. The normalized spacial score (nSPS) is 10.4. The highest BCUT2D eigenvalue weighted by Crippen LogP contribution is 2.31. The van der Waals surface area contributed by atoms with Gasteiger partial charge in [0, 0.05) is 25.4 Å². The van der Waals surface area contributed by atoms with Crippen LogP contribution in [-0.4, -0.2) is 31.7 Å². The lowest BCUT2D eigenvalue weighted by Crippen LogP contribution is -2.16. The summed E-state index contributed by atoms with van der Waals surface area (Å²) >= 11 is 0. The van der Waals surface area contributed by atoms with E-state index in [1.165, 1.54) is 30.1 Å². The lowest BCUT2D eigenvalue weighted by atomic mass is 10.2. The van der Waals surface area contributed by atoms with E-state index in [-0.39, 0.29) is 28.4 Å². The molecule has 0 saturated carbocycles. The van der Waals surface area contributed by atoms with Crippen molar-refractivity contribution in [3.8, 4) is 11.5 Å². The van der Waals surface area contributed by atoms with E-state index in [2.05, 4.69) is 10.4 Å². The molecule has 0 atom stereocenters. The maximum atomic E-state index is 12.5. The third-order valence-corrected chi connectivity index (χ3v) is 3.96. The summed E-state index contributed by atoms with van der Waals surface area (Å²) in [5.74, 6) is -1.48. The Labute approximate surface area is 164 Å². The SMILES string of the molecule is Cc1ccccc1Oc1cc(NC(=O)c2nn(C)cc2C(=O)O)cc([N+](=O)[O-])c1. The minimum atomic E-state index is -1.31. The van der Waals surface area contributed by atoms with E-state index in [1.807, 2.05) is 19.1 Å². The number of carboxylic acid groups (broad SMARTS) is 1. The second-order valence-corrected chi connectivity index (χ2v) is 6.16. The van der Waals surface area contributed by atoms with Crippen molar-refractivity contribution < 1.29 is 24.4 Å². The number of carbonyl (C=O) groups is 2. The number of amides is 1. The largest absolute Gasteiger partial charge is 0.478 e. The van der Waals surface area contributed by atoms with Crippen LogP contribution in [0.25, 0.3) is 0 Å². The number of anilines is 1. The number of aryl methyl sites for hydroxylation is 2. The summed E-state index contributed by atoms with van der Waals surface area (Å²) in [5, 5.41) is 26.8. The van der Waals surface area contributed by atoms with Crippen LogP contribution in [0.4, 0.5) is 11.4 Å². The maximum absolute atomic E-state index is 12.5. The van der Waals surface area contributed by atoms with Crippen molar-refractivity contribution in [2.24, 2.45) is 7.05 Å². The number of nitro benzene ring substituents is 1. The van der Waals surface area contributed by atoms with Crippen LogP contribution in [-0.2, 0) is 7.05 Å². The third kappa shape index (κ3) is 4.38. The van der Waals surface area contributed by atoms with Crippen LogP contribution in [0.2, 0.25) is 0 Å². The second-order valence-electron chi connectivity index (χ2n) is 6.16. The number of nitro groups is 1. The molecule has 0 bridgehead atoms. The van der Waals surface area contributed by atoms with E-state index in [0.29, 0.717) is 5.75 Å². The summed E-state index contributed by atoms with van der Waals surface area (Å²) in [6.45, 7) is 1.82. The summed E-state index contributed by atoms with van der Waals surface area (Å²) in [5.41, 5.74) is -0.00971. The van der Waals surface area contributed by atoms with Gasteiger partial charge in [-0.2, -0.15) is 5.10 Å². The molecule has 2 aromatic carbocycles. The first-order chi connectivity index (χ1) is 13.7. The quantitative estimate of drug-likeness (QED) is 0.481. The molecule has 29 heavy (non-hydrogen) atoms. The van der Waals surface area contributed by atoms with Crippen molar-refractivity contribution in [2.45, 2.75) is 6.92 Å². The fourth-order valence-corrected chi connectivity index (χ4v) is 2.62. The van der Waals surface area contributed by atoms with Gasteiger partial charge in [0.1, 0.15) is 17.1 Å². The Kier molecular flexibility index (Phi) is 5.26. The number of benzene rings is 2. The minimum absolute atomic E-state index is 0.0646. The summed E-state index contributed by atoms with van der Waals surface area (Å²) in [7, 11) is 1.48. The van der Waals surface area contributed by atoms with Crippen molar-refractivity contribution in [1.29, 1.82) is 0 Å². The molecule has 0 spiro atoms. The fraction of sp³-hybridized carbons (Fsp3) is 0.105. The first kappa shape index (κ1) is 19.5. The predicted molar refractivity (Wildman–Crippen MR) is 102 cm³/mol. The Bertz CT molecular complexity index is 1120. The molecule has 0 saturated heterocycles. The van der Waals surface area contributed by atoms with Crippen LogP contribution < -0.4 is 10.1 Å². The van der Waals surface area contributed by atoms with Gasteiger partial charge in [-0.1, -0.05) is 18.2 Å². The molecule has 10 heteroatoms. The number of carbonyl (C=O) groups excluding carboxylic acids is 1. The van der Waals surface area contributed by atoms with E-state index in [9.17, 15) is 24.8 Å². The number of ether oxygens (including phenoxy) is 1. The van der Waals surface area contributed by atoms with Crippen molar-refractivity contribution in [3.05, 3.63) is 75.6 Å². The lowest BCUT2D eigenvalue weighted by molar-refractivity contribution is -0.384. The highest BCUT2D eigenvalue weighted by Gasteiger charge is 2.22. The fourth-order valence-electron chi connectivity index (χ4n) is 2.62. The Hall–Kier alpha value is -4.21. The van der Waals surface area contributed by atoms with Gasteiger partial charge in [0.25, 0.3) is 11.6 Å². The zero-order chi connectivity index (χ0) is 21.1. The van der Waals surface area contributed by atoms with Crippen molar-refractivity contribution >= 4 is 23.3 Å². The molecule has 1 amide bonds. The molecule has 0 fully saturated rings. The van der Waals surface area contributed by atoms with E-state index in [1.54, 1.807) is 12.1 Å². The molecule has 148 valence electrons. The number of nitrogens with one attached hydrogen (secondary N) is 1. The van der Waals surface area contributed by atoms with Crippen LogP contribution in [0.1, 0.15) is 26.4 Å². The van der Waals surface area contributed by atoms with Crippen LogP contribution in [0.15, 0.2) is 48.7 Å². The minimum Gasteiger partial charge on any atom is -0.478 e. The molecule has 0 radical (unpaired) electrons. The Morgan fingerprint density at radius 3 is 2.62 bits per heavy atom. The van der Waals surface area contributed by atoms with E-state index in [4.69, 9.17) is 4.74 Å². The highest BCUT2D eigenvalue weighted by molar-refractivity contribution is 6.09. The molecular formula is C19H16N4O6. The maximum Gasteiger partial charge on any atom is 0.339 e. The molecule has 1 heterocycles. The van der Waals surface area contributed by atoms with Gasteiger partial charge in [-0.3, -0.25) is 19.6 Å². The van der Waals surface area contributed by atoms with Gasteiger partial charge in [0.2, 0.25) is 0 Å². The van der Waals surface area contributed by atoms with Gasteiger partial charge < -0.3 is 15.2 Å². The average Bonchev–Trinajstić information content (AvgIpc) is 3.06. The molecule has 3 rings (SSSR count). The van der Waals surface area contributed by atoms with Gasteiger partial charge in [0.05, 0.1) is 16.7 Å². The van der Waals surface area contributed by atoms with Gasteiger partial charge in [0.15, 0.2) is 5.69 Å². The van der Waals surface area contributed by atoms with E-state index >= 15 is 0 Å². The van der Waals surface area contributed by atoms with Gasteiger partial charge in [-0.25, -0.2) is 4.79 Å². The Morgan fingerprint density at radius 2 is 1.97 bits per heavy atom. The van der Waals surface area contributed by atoms with Crippen molar-refractivity contribution in [3.63, 3.8) is 0 Å². The second kappa shape index (κ2) is 7.80. The van der Waals surface area contributed by atoms with Crippen LogP contribution >= 0.6 is 0 Å². The Balaban J connectivity index is 1.94. The topological polar surface area (TPSA) is 137 Å². The first-order valence-corrected chi connectivity index (χ1v) is 8.36. The van der Waals surface area contributed by atoms with Gasteiger partial charge in [-0.05, 0) is 18.6 Å². The number of nitrogens with zero attached hydrogens (tertiary/aromatic N) is 3. The highest BCUT2D eigenvalue weighted by atomic mass is 16.6. The summed E-state index contributed by atoms with van der Waals surface area (Å²) < 4.78 is 6.92. The van der Waals surface area contributed by atoms with E-state index < -0.39 is 16.8 Å². The van der Waals surface area contributed by atoms with Crippen LogP contribution in [0.3, 0.4) is 0 Å². The number of para-hydroxylation sites is 1. The molecule has 0 aliphatic heterocycles. The number of hydrogen-bond acceptors (Lipinski definition) is 6. The third-order valence-electron chi connectivity index (χ3n) is 3.96. The summed E-state index contributed by atoms with van der Waals surface area (Å²) in [6, 6.07) is 10.9. The summed E-state index contributed by atoms with van der Waals surface area (Å²) in [4.78, 5) is 34.4. The number of non-ortho nitro benzene ring substituents is 1. The zero-order valence-corrected chi connectivity index (χ0v) is 15.4. The summed E-state index contributed by atoms with van der Waals surface area (Å²) in [6.07, 6.45) is 1.19. The molecule has 1 aromatic heterocycles. The lowest BCUT2D eigenvalue weighted by Gasteiger charge is -2.10. The first-order valence-electron chi connectivity index (χ1n) is 8.36. The molecular weight excluding hydrogens is 380 g/mol. The van der Waals surface area contributed by atoms with Crippen LogP contribution in [0, 0.1) is 17.0 Å². The molecule has 2 N–H and O–H groups in total. The number of hydrogen-bond donors (Lipinski definition) is 2. The molecule has 10 nitrogen and oxygen atoms in total. The van der Waals surface area contributed by atoms with Crippen LogP contribution in [0.5, 0.6) is 11.5 Å². The smallest absolute Gasteiger partial charge is 0.339 e.